The molecule has 0 radical (unpaired) electrons. The summed E-state index contributed by atoms with van der Waals surface area (Å²) in [5.41, 5.74) is 1.10. The van der Waals surface area contributed by atoms with Crippen LogP contribution in [0.25, 0.3) is 11.0 Å². The van der Waals surface area contributed by atoms with Crippen molar-refractivity contribution >= 4 is 22.8 Å². The van der Waals surface area contributed by atoms with Gasteiger partial charge in [-0.1, -0.05) is 0 Å². The van der Waals surface area contributed by atoms with Crippen LogP contribution < -0.4 is 0 Å². The number of likely N-dealkylation sites (tertiary alicyclic amines) is 1. The Balaban J connectivity index is 2.01. The van der Waals surface area contributed by atoms with E-state index < -0.39 is 11.8 Å². The van der Waals surface area contributed by atoms with Gasteiger partial charge in [-0.3, -0.25) is 4.79 Å². The Labute approximate surface area is 133 Å². The first-order valence-corrected chi connectivity index (χ1v) is 7.57. The van der Waals surface area contributed by atoms with Crippen molar-refractivity contribution < 1.29 is 23.1 Å². The summed E-state index contributed by atoms with van der Waals surface area (Å²) < 4.78 is 23.8. The number of hydrogen-bond acceptors (Lipinski definition) is 4. The second-order valence-electron chi connectivity index (χ2n) is 5.76. The zero-order chi connectivity index (χ0) is 16.6. The molecule has 122 valence electrons. The lowest BCUT2D eigenvalue weighted by atomic mass is 9.87. The van der Waals surface area contributed by atoms with Crippen LogP contribution in [0.5, 0.6) is 0 Å². The van der Waals surface area contributed by atoms with Gasteiger partial charge < -0.3 is 14.1 Å². The van der Waals surface area contributed by atoms with Gasteiger partial charge in [0.2, 0.25) is 11.7 Å². The van der Waals surface area contributed by atoms with E-state index in [1.807, 2.05) is 0 Å². The number of carbonyl (C=O) groups excluding carboxylic acids is 2. The second kappa shape index (κ2) is 6.02. The Kier molecular flexibility index (Phi) is 4.07. The van der Waals surface area contributed by atoms with Crippen molar-refractivity contribution in [2.75, 3.05) is 20.2 Å². The van der Waals surface area contributed by atoms with Gasteiger partial charge in [-0.2, -0.15) is 0 Å². The van der Waals surface area contributed by atoms with Crippen LogP contribution >= 0.6 is 0 Å². The van der Waals surface area contributed by atoms with E-state index in [0.29, 0.717) is 18.7 Å². The fourth-order valence-electron chi connectivity index (χ4n) is 3.22. The molecule has 2 heterocycles. The Bertz CT molecular complexity index is 759. The number of furan rings is 1. The summed E-state index contributed by atoms with van der Waals surface area (Å²) in [5.74, 6) is -0.720. The van der Waals surface area contributed by atoms with Gasteiger partial charge in [0.15, 0.2) is 0 Å². The van der Waals surface area contributed by atoms with Crippen LogP contribution in [-0.2, 0) is 9.53 Å². The van der Waals surface area contributed by atoms with Crippen LogP contribution in [0.4, 0.5) is 4.39 Å². The van der Waals surface area contributed by atoms with Gasteiger partial charge in [-0.15, -0.1) is 0 Å². The van der Waals surface area contributed by atoms with E-state index >= 15 is 0 Å². The van der Waals surface area contributed by atoms with E-state index in [4.69, 9.17) is 9.15 Å². The first-order valence-electron chi connectivity index (χ1n) is 7.57. The number of hydrogen-bond donors (Lipinski definition) is 0. The smallest absolute Gasteiger partial charge is 0.374 e. The zero-order valence-corrected chi connectivity index (χ0v) is 13.1. The maximum absolute atomic E-state index is 13.4. The number of nitrogens with zero attached hydrogens (tertiary/aromatic N) is 1. The summed E-state index contributed by atoms with van der Waals surface area (Å²) in [6.07, 6.45) is 1.46. The molecule has 0 unspecified atom stereocenters. The molecule has 6 heteroatoms. The highest BCUT2D eigenvalue weighted by Gasteiger charge is 2.30. The third kappa shape index (κ3) is 2.81. The normalized spacial score (nSPS) is 15.9. The summed E-state index contributed by atoms with van der Waals surface area (Å²) in [6, 6.07) is 4.26. The summed E-state index contributed by atoms with van der Waals surface area (Å²) in [4.78, 5) is 25.3. The number of piperidine rings is 1. The molecular weight excluding hydrogens is 301 g/mol. The van der Waals surface area contributed by atoms with Gasteiger partial charge in [-0.25, -0.2) is 9.18 Å². The number of methoxy groups -OCH3 is 1. The number of rotatable bonds is 2. The number of halogens is 1. The Morgan fingerprint density at radius 1 is 1.30 bits per heavy atom. The van der Waals surface area contributed by atoms with E-state index in [1.165, 1.54) is 19.2 Å². The molecule has 1 aliphatic heterocycles. The first-order chi connectivity index (χ1) is 11.0. The minimum Gasteiger partial charge on any atom is -0.463 e. The standard InChI is InChI=1S/C17H18FNO4/c1-10(20)19-7-5-11(6-8-19)15-13-4-3-12(18)9-14(13)23-16(15)17(21)22-2/h3-4,9,11H,5-8H2,1-2H3. The summed E-state index contributed by atoms with van der Waals surface area (Å²) in [6.45, 7) is 2.82. The largest absolute Gasteiger partial charge is 0.463 e. The molecule has 0 N–H and O–H groups in total. The number of esters is 1. The van der Waals surface area contributed by atoms with Gasteiger partial charge in [0.1, 0.15) is 11.4 Å². The number of fused-ring (bicyclic) bond motifs is 1. The minimum atomic E-state index is -0.564. The topological polar surface area (TPSA) is 59.8 Å². The molecule has 0 saturated carbocycles. The van der Waals surface area contributed by atoms with Crippen LogP contribution in [0.3, 0.4) is 0 Å². The maximum Gasteiger partial charge on any atom is 0.374 e. The molecule has 2 aromatic rings. The molecule has 0 bridgehead atoms. The van der Waals surface area contributed by atoms with Crippen LogP contribution in [0.2, 0.25) is 0 Å². The lowest BCUT2D eigenvalue weighted by Crippen LogP contribution is -2.36. The van der Waals surface area contributed by atoms with Crippen LogP contribution in [-0.4, -0.2) is 37.0 Å². The lowest BCUT2D eigenvalue weighted by Gasteiger charge is -2.31. The summed E-state index contributed by atoms with van der Waals surface area (Å²) in [5, 5.41) is 0.730. The molecule has 1 fully saturated rings. The molecule has 1 aromatic carbocycles. The monoisotopic (exact) mass is 319 g/mol. The van der Waals surface area contributed by atoms with Gasteiger partial charge in [0.25, 0.3) is 0 Å². The van der Waals surface area contributed by atoms with Crippen LogP contribution in [0.1, 0.15) is 41.8 Å². The zero-order valence-electron chi connectivity index (χ0n) is 13.1. The van der Waals surface area contributed by atoms with Crippen molar-refractivity contribution in [3.63, 3.8) is 0 Å². The number of ether oxygens (including phenoxy) is 1. The molecule has 1 amide bonds. The van der Waals surface area contributed by atoms with Gasteiger partial charge in [-0.05, 0) is 30.9 Å². The highest BCUT2D eigenvalue weighted by atomic mass is 19.1. The third-order valence-corrected chi connectivity index (χ3v) is 4.41. The number of benzene rings is 1. The average Bonchev–Trinajstić information content (AvgIpc) is 2.92. The fourth-order valence-corrected chi connectivity index (χ4v) is 3.22. The molecule has 1 aromatic heterocycles. The van der Waals surface area contributed by atoms with E-state index in [2.05, 4.69) is 0 Å². The summed E-state index contributed by atoms with van der Waals surface area (Å²) >= 11 is 0. The Hall–Kier alpha value is -2.37. The lowest BCUT2D eigenvalue weighted by molar-refractivity contribution is -0.129. The van der Waals surface area contributed by atoms with Crippen molar-refractivity contribution in [3.05, 3.63) is 35.3 Å². The Morgan fingerprint density at radius 3 is 2.61 bits per heavy atom. The van der Waals surface area contributed by atoms with E-state index in [9.17, 15) is 14.0 Å². The second-order valence-corrected chi connectivity index (χ2v) is 5.76. The predicted molar refractivity (Wildman–Crippen MR) is 81.7 cm³/mol. The van der Waals surface area contributed by atoms with Gasteiger partial charge in [0, 0.05) is 37.0 Å². The quantitative estimate of drug-likeness (QED) is 0.798. The number of carbonyl (C=O) groups is 2. The van der Waals surface area contributed by atoms with E-state index in [0.717, 1.165) is 23.8 Å². The predicted octanol–water partition coefficient (Wildman–Crippen LogP) is 3.08. The summed E-state index contributed by atoms with van der Waals surface area (Å²) in [7, 11) is 1.29. The molecule has 1 saturated heterocycles. The van der Waals surface area contributed by atoms with Gasteiger partial charge >= 0.3 is 5.97 Å². The van der Waals surface area contributed by atoms with Crippen molar-refractivity contribution in [1.29, 1.82) is 0 Å². The van der Waals surface area contributed by atoms with Gasteiger partial charge in [0.05, 0.1) is 7.11 Å². The third-order valence-electron chi connectivity index (χ3n) is 4.41. The molecule has 5 nitrogen and oxygen atoms in total. The fraction of sp³-hybridized carbons (Fsp3) is 0.412. The minimum absolute atomic E-state index is 0.0516. The van der Waals surface area contributed by atoms with Crippen LogP contribution in [0, 0.1) is 5.82 Å². The van der Waals surface area contributed by atoms with Crippen molar-refractivity contribution in [1.82, 2.24) is 4.90 Å². The maximum atomic E-state index is 13.4. The molecule has 3 rings (SSSR count). The van der Waals surface area contributed by atoms with Crippen molar-refractivity contribution in [3.8, 4) is 0 Å². The first kappa shape index (κ1) is 15.5. The van der Waals surface area contributed by atoms with Crippen molar-refractivity contribution in [2.24, 2.45) is 0 Å². The molecule has 0 spiro atoms. The van der Waals surface area contributed by atoms with E-state index in [1.54, 1.807) is 17.9 Å². The molecule has 0 atom stereocenters. The SMILES string of the molecule is COC(=O)c1oc2cc(F)ccc2c1C1CCN(C(C)=O)CC1. The highest BCUT2D eigenvalue weighted by molar-refractivity contribution is 5.96. The molecule has 1 aliphatic rings. The number of amides is 1. The van der Waals surface area contributed by atoms with Crippen LogP contribution in [0.15, 0.2) is 22.6 Å². The molecule has 0 aliphatic carbocycles. The van der Waals surface area contributed by atoms with Crippen molar-refractivity contribution in [2.45, 2.75) is 25.7 Å². The molecule has 23 heavy (non-hydrogen) atoms. The molecular formula is C17H18FNO4. The Morgan fingerprint density at radius 2 is 2.00 bits per heavy atom. The highest BCUT2D eigenvalue weighted by Crippen LogP contribution is 2.38. The van der Waals surface area contributed by atoms with E-state index in [-0.39, 0.29) is 17.6 Å². The average molecular weight is 319 g/mol.